The number of benzene rings is 3. The lowest BCUT2D eigenvalue weighted by atomic mass is 10.00. The zero-order valence-corrected chi connectivity index (χ0v) is 24.3. The van der Waals surface area contributed by atoms with Crippen LogP contribution in [0.15, 0.2) is 78.8 Å². The van der Waals surface area contributed by atoms with Crippen LogP contribution in [0, 0.1) is 22.7 Å². The summed E-state index contributed by atoms with van der Waals surface area (Å²) in [7, 11) is 0. The van der Waals surface area contributed by atoms with Crippen molar-refractivity contribution in [2.24, 2.45) is 0 Å². The Bertz CT molecular complexity index is 1750. The van der Waals surface area contributed by atoms with Crippen molar-refractivity contribution >= 4 is 45.5 Å². The minimum atomic E-state index is -0.438. The number of hydrogen-bond donors (Lipinski definition) is 4. The highest BCUT2D eigenvalue weighted by Crippen LogP contribution is 2.39. The number of halogens is 2. The first-order valence-electron chi connectivity index (χ1n) is 13.8. The quantitative estimate of drug-likeness (QED) is 0.159. The third kappa shape index (κ3) is 5.53. The van der Waals surface area contributed by atoms with Crippen molar-refractivity contribution in [3.05, 3.63) is 111 Å². The van der Waals surface area contributed by atoms with Gasteiger partial charge in [0.25, 0.3) is 0 Å². The molecule has 210 valence electrons. The van der Waals surface area contributed by atoms with Crippen LogP contribution in [0.1, 0.15) is 60.5 Å². The van der Waals surface area contributed by atoms with Gasteiger partial charge in [0, 0.05) is 40.1 Å². The summed E-state index contributed by atoms with van der Waals surface area (Å²) >= 11 is 13.5. The summed E-state index contributed by atoms with van der Waals surface area (Å²) in [4.78, 5) is 4.53. The molecule has 0 saturated heterocycles. The molecule has 2 heterocycles. The summed E-state index contributed by atoms with van der Waals surface area (Å²) in [5, 5.41) is 30.6. The van der Waals surface area contributed by atoms with Crippen molar-refractivity contribution in [1.29, 1.82) is 10.5 Å². The van der Waals surface area contributed by atoms with Crippen molar-refractivity contribution in [2.75, 3.05) is 10.6 Å². The number of aromatic nitrogens is 1. The van der Waals surface area contributed by atoms with Crippen molar-refractivity contribution in [1.82, 2.24) is 21.0 Å². The van der Waals surface area contributed by atoms with Gasteiger partial charge in [0.2, 0.25) is 0 Å². The van der Waals surface area contributed by atoms with E-state index in [2.05, 4.69) is 62.8 Å². The van der Waals surface area contributed by atoms with E-state index < -0.39 is 6.04 Å². The van der Waals surface area contributed by atoms with E-state index in [9.17, 15) is 10.5 Å². The number of hydrogen-bond acceptors (Lipinski definition) is 8. The highest BCUT2D eigenvalue weighted by atomic mass is 35.5. The van der Waals surface area contributed by atoms with Gasteiger partial charge in [0.05, 0.1) is 51.2 Å². The van der Waals surface area contributed by atoms with Crippen molar-refractivity contribution < 1.29 is 0 Å². The zero-order chi connectivity index (χ0) is 29.2. The summed E-state index contributed by atoms with van der Waals surface area (Å²) < 4.78 is 0. The van der Waals surface area contributed by atoms with Crippen LogP contribution in [0.3, 0.4) is 0 Å². The number of fused-ring (bicyclic) bond motifs is 1. The minimum absolute atomic E-state index is 0.0214. The lowest BCUT2D eigenvalue weighted by Gasteiger charge is -2.24. The topological polar surface area (TPSA) is 112 Å². The predicted molar refractivity (Wildman–Crippen MR) is 166 cm³/mol. The van der Waals surface area contributed by atoms with E-state index in [0.717, 1.165) is 41.5 Å². The van der Waals surface area contributed by atoms with Crippen LogP contribution in [-0.4, -0.2) is 16.0 Å². The fourth-order valence-corrected chi connectivity index (χ4v) is 5.72. The maximum atomic E-state index is 10.0. The molecule has 10 heteroatoms. The van der Waals surface area contributed by atoms with Gasteiger partial charge in [-0.3, -0.25) is 9.99 Å². The van der Waals surface area contributed by atoms with Gasteiger partial charge in [-0.05, 0) is 55.2 Å². The predicted octanol–water partition coefficient (Wildman–Crippen LogP) is 7.33. The fourth-order valence-electron chi connectivity index (χ4n) is 5.23. The third-order valence-electron chi connectivity index (χ3n) is 7.58. The first kappa shape index (κ1) is 27.7. The molecule has 4 aromatic rings. The Balaban J connectivity index is 1.44. The maximum Gasteiger partial charge on any atom is 0.103 e. The number of rotatable bonds is 9. The number of anilines is 2. The second kappa shape index (κ2) is 11.8. The SMILES string of the molecule is CC[C@@H](Nc1c(C#N)cnc2c(Cl)cc(N[C@H](C3=CN(C4CC4)NN3)c3cc(C#N)ccc3Cl)cc12)c1ccccc1. The molecular weight excluding hydrogens is 567 g/mol. The van der Waals surface area contributed by atoms with Gasteiger partial charge in [-0.1, -0.05) is 60.5 Å². The molecule has 1 saturated carbocycles. The molecule has 2 aliphatic rings. The molecule has 4 N–H and O–H groups in total. The number of hydrazine groups is 2. The van der Waals surface area contributed by atoms with Gasteiger partial charge >= 0.3 is 0 Å². The van der Waals surface area contributed by atoms with Crippen LogP contribution in [0.2, 0.25) is 10.0 Å². The molecule has 0 radical (unpaired) electrons. The molecule has 6 rings (SSSR count). The van der Waals surface area contributed by atoms with Gasteiger partial charge in [-0.15, -0.1) is 5.53 Å². The lowest BCUT2D eigenvalue weighted by Crippen LogP contribution is -2.38. The van der Waals surface area contributed by atoms with Gasteiger partial charge < -0.3 is 16.1 Å². The van der Waals surface area contributed by atoms with E-state index in [-0.39, 0.29) is 6.04 Å². The average molecular weight is 596 g/mol. The molecule has 1 fully saturated rings. The summed E-state index contributed by atoms with van der Waals surface area (Å²) in [6, 6.07) is 23.6. The van der Waals surface area contributed by atoms with Gasteiger partial charge in [-0.2, -0.15) is 10.5 Å². The minimum Gasteiger partial charge on any atom is -0.377 e. The number of nitrogens with one attached hydrogen (secondary N) is 4. The van der Waals surface area contributed by atoms with Gasteiger partial charge in [0.15, 0.2) is 0 Å². The van der Waals surface area contributed by atoms with Gasteiger partial charge in [-0.25, -0.2) is 0 Å². The van der Waals surface area contributed by atoms with Crippen LogP contribution >= 0.6 is 23.2 Å². The molecule has 0 bridgehead atoms. The van der Waals surface area contributed by atoms with E-state index >= 15 is 0 Å². The first-order chi connectivity index (χ1) is 20.5. The first-order valence-corrected chi connectivity index (χ1v) is 14.6. The molecule has 2 atom stereocenters. The van der Waals surface area contributed by atoms with Gasteiger partial charge in [0.1, 0.15) is 6.07 Å². The Hall–Kier alpha value is -4.47. The van der Waals surface area contributed by atoms with Crippen LogP contribution in [0.25, 0.3) is 10.9 Å². The summed E-state index contributed by atoms with van der Waals surface area (Å²) in [6.45, 7) is 2.10. The van der Waals surface area contributed by atoms with Crippen LogP contribution in [0.5, 0.6) is 0 Å². The molecular formula is C32H28Cl2N8. The molecule has 42 heavy (non-hydrogen) atoms. The molecule has 1 aliphatic carbocycles. The summed E-state index contributed by atoms with van der Waals surface area (Å²) in [5.74, 6) is 0. The fraction of sp³-hybridized carbons (Fsp3) is 0.219. The largest absolute Gasteiger partial charge is 0.377 e. The zero-order valence-electron chi connectivity index (χ0n) is 22.8. The van der Waals surface area contributed by atoms with Crippen molar-refractivity contribution in [3.8, 4) is 12.1 Å². The van der Waals surface area contributed by atoms with E-state index in [1.165, 1.54) is 0 Å². The Kier molecular flexibility index (Phi) is 7.78. The standard InChI is InChI=1S/C32H28Cl2N8/c1-2-28(20-6-4-3-5-7-20)39-30-21(16-36)17-37-31-25(30)13-22(14-27(31)34)38-32(24-12-19(15-35)8-11-26(24)33)29-18-42(41-40-29)23-9-10-23/h3-8,11-14,17-18,23,28,32,38,40-41H,2,9-10H2,1H3,(H,37,39)/t28-,32+/m1/s1. The monoisotopic (exact) mass is 594 g/mol. The Morgan fingerprint density at radius 1 is 1.02 bits per heavy atom. The molecule has 8 nitrogen and oxygen atoms in total. The lowest BCUT2D eigenvalue weighted by molar-refractivity contribution is 0.260. The Labute approximate surface area is 254 Å². The molecule has 0 amide bonds. The second-order valence-electron chi connectivity index (χ2n) is 10.4. The van der Waals surface area contributed by atoms with Crippen molar-refractivity contribution in [2.45, 2.75) is 44.3 Å². The van der Waals surface area contributed by atoms with Crippen LogP contribution in [-0.2, 0) is 0 Å². The number of pyridine rings is 1. The maximum absolute atomic E-state index is 10.0. The Morgan fingerprint density at radius 2 is 1.83 bits per heavy atom. The highest BCUT2D eigenvalue weighted by molar-refractivity contribution is 6.36. The van der Waals surface area contributed by atoms with Crippen molar-refractivity contribution in [3.63, 3.8) is 0 Å². The summed E-state index contributed by atoms with van der Waals surface area (Å²) in [5.41, 5.74) is 12.1. The highest BCUT2D eigenvalue weighted by Gasteiger charge is 2.33. The molecule has 0 spiro atoms. The summed E-state index contributed by atoms with van der Waals surface area (Å²) in [6.07, 6.45) is 6.63. The van der Waals surface area contributed by atoms with E-state index in [4.69, 9.17) is 23.2 Å². The molecule has 1 aliphatic heterocycles. The molecule has 3 aromatic carbocycles. The average Bonchev–Trinajstić information content (AvgIpc) is 3.75. The third-order valence-corrected chi connectivity index (χ3v) is 8.21. The number of nitrogens with zero attached hydrogens (tertiary/aromatic N) is 4. The van der Waals surface area contributed by atoms with E-state index in [0.29, 0.717) is 44.1 Å². The van der Waals surface area contributed by atoms with E-state index in [1.807, 2.05) is 36.5 Å². The number of nitriles is 2. The Morgan fingerprint density at radius 3 is 2.55 bits per heavy atom. The molecule has 0 unspecified atom stereocenters. The van der Waals surface area contributed by atoms with Crippen LogP contribution in [0.4, 0.5) is 11.4 Å². The smallest absolute Gasteiger partial charge is 0.103 e. The van der Waals surface area contributed by atoms with E-state index in [1.54, 1.807) is 24.4 Å². The second-order valence-corrected chi connectivity index (χ2v) is 11.2. The molecule has 1 aromatic heterocycles. The normalized spacial score (nSPS) is 15.7. The van der Waals surface area contributed by atoms with Crippen LogP contribution < -0.4 is 21.6 Å².